The van der Waals surface area contributed by atoms with Crippen molar-refractivity contribution < 1.29 is 4.79 Å². The maximum absolute atomic E-state index is 11.4. The summed E-state index contributed by atoms with van der Waals surface area (Å²) in [6.45, 7) is 7.05. The first-order valence-electron chi connectivity index (χ1n) is 5.71. The van der Waals surface area contributed by atoms with E-state index in [9.17, 15) is 4.79 Å². The van der Waals surface area contributed by atoms with E-state index in [4.69, 9.17) is 5.84 Å². The van der Waals surface area contributed by atoms with Crippen LogP contribution in [0.5, 0.6) is 0 Å². The minimum absolute atomic E-state index is 0.0686. The first-order chi connectivity index (χ1) is 7.65. The minimum atomic E-state index is -0.351. The maximum atomic E-state index is 11.4. The van der Waals surface area contributed by atoms with E-state index in [-0.39, 0.29) is 11.9 Å². The lowest BCUT2D eigenvalue weighted by Crippen LogP contribution is -2.51. The van der Waals surface area contributed by atoms with E-state index in [1.54, 1.807) is 6.92 Å². The molecule has 0 fully saturated rings. The highest BCUT2D eigenvalue weighted by Crippen LogP contribution is 1.87. The molecule has 0 aliphatic heterocycles. The number of nitrogens with one attached hydrogen (secondary N) is 3. The zero-order valence-corrected chi connectivity index (χ0v) is 10.3. The van der Waals surface area contributed by atoms with Crippen LogP contribution in [0.25, 0.3) is 0 Å². The van der Waals surface area contributed by atoms with Gasteiger partial charge in [-0.1, -0.05) is 13.3 Å². The number of rotatable bonds is 6. The molecule has 0 spiro atoms. The zero-order valence-electron chi connectivity index (χ0n) is 10.3. The fraction of sp³-hybridized carbons (Fsp3) is 0.800. The van der Waals surface area contributed by atoms with E-state index in [0.29, 0.717) is 19.0 Å². The second kappa shape index (κ2) is 8.96. The van der Waals surface area contributed by atoms with Crippen LogP contribution >= 0.6 is 0 Å². The number of likely N-dealkylation sites (N-methyl/N-ethyl adjacent to an activating group) is 1. The summed E-state index contributed by atoms with van der Waals surface area (Å²) in [6, 6.07) is -0.351. The Hall–Kier alpha value is -1.30. The number of hydrazine groups is 1. The van der Waals surface area contributed by atoms with Gasteiger partial charge in [-0.25, -0.2) is 5.84 Å². The molecule has 0 saturated heterocycles. The predicted molar refractivity (Wildman–Crippen MR) is 65.8 cm³/mol. The van der Waals surface area contributed by atoms with Crippen molar-refractivity contribution in [2.24, 2.45) is 10.8 Å². The molecule has 0 aromatic heterocycles. The summed E-state index contributed by atoms with van der Waals surface area (Å²) in [5, 5.41) is 5.63. The van der Waals surface area contributed by atoms with Crippen LogP contribution in [-0.4, -0.2) is 31.0 Å². The summed E-state index contributed by atoms with van der Waals surface area (Å²) in [6.07, 6.45) is 2.08. The summed E-state index contributed by atoms with van der Waals surface area (Å²) in [5.41, 5.74) is 2.45. The summed E-state index contributed by atoms with van der Waals surface area (Å²) >= 11 is 0. The van der Waals surface area contributed by atoms with Crippen molar-refractivity contribution in [3.05, 3.63) is 0 Å². The first-order valence-corrected chi connectivity index (χ1v) is 5.71. The van der Waals surface area contributed by atoms with E-state index < -0.39 is 0 Å². The number of carbonyl (C=O) groups excluding carboxylic acids is 1. The van der Waals surface area contributed by atoms with Gasteiger partial charge in [0.25, 0.3) is 0 Å². The molecule has 0 aliphatic rings. The lowest BCUT2D eigenvalue weighted by Gasteiger charge is -2.15. The number of hydrogen-bond acceptors (Lipinski definition) is 3. The summed E-state index contributed by atoms with van der Waals surface area (Å²) in [5.74, 6) is 5.68. The predicted octanol–water partition coefficient (Wildman–Crippen LogP) is -0.280. The molecule has 0 heterocycles. The van der Waals surface area contributed by atoms with E-state index in [1.165, 1.54) is 0 Å². The molecule has 6 nitrogen and oxygen atoms in total. The van der Waals surface area contributed by atoms with Gasteiger partial charge in [-0.3, -0.25) is 15.2 Å². The molecule has 0 saturated carbocycles. The molecule has 1 atom stereocenters. The molecule has 5 N–H and O–H groups in total. The quantitative estimate of drug-likeness (QED) is 0.166. The van der Waals surface area contributed by atoms with Crippen molar-refractivity contribution in [3.63, 3.8) is 0 Å². The van der Waals surface area contributed by atoms with E-state index >= 15 is 0 Å². The normalized spacial score (nSPS) is 13.1. The molecule has 16 heavy (non-hydrogen) atoms. The van der Waals surface area contributed by atoms with Crippen LogP contribution in [0.4, 0.5) is 0 Å². The molecule has 0 aromatic rings. The van der Waals surface area contributed by atoms with Gasteiger partial charge in [0, 0.05) is 13.1 Å². The number of nitrogens with two attached hydrogens (primary N) is 1. The summed E-state index contributed by atoms with van der Waals surface area (Å²) in [4.78, 5) is 15.6. The SMILES string of the molecule is CCCCN=C(NN)NC(C)C(=O)NCC. The highest BCUT2D eigenvalue weighted by Gasteiger charge is 2.12. The second-order valence-corrected chi connectivity index (χ2v) is 3.49. The molecule has 0 bridgehead atoms. The zero-order chi connectivity index (χ0) is 12.4. The number of carbonyl (C=O) groups is 1. The van der Waals surface area contributed by atoms with E-state index in [2.05, 4.69) is 28.0 Å². The highest BCUT2D eigenvalue weighted by molar-refractivity contribution is 5.88. The Morgan fingerprint density at radius 2 is 2.12 bits per heavy atom. The summed E-state index contributed by atoms with van der Waals surface area (Å²) in [7, 11) is 0. The molecule has 0 rings (SSSR count). The van der Waals surface area contributed by atoms with Crippen molar-refractivity contribution in [2.75, 3.05) is 13.1 Å². The largest absolute Gasteiger partial charge is 0.355 e. The number of guanidine groups is 1. The van der Waals surface area contributed by atoms with Crippen LogP contribution in [0, 0.1) is 0 Å². The van der Waals surface area contributed by atoms with Crippen molar-refractivity contribution in [2.45, 2.75) is 39.7 Å². The smallest absolute Gasteiger partial charge is 0.242 e. The van der Waals surface area contributed by atoms with Crippen molar-refractivity contribution in [1.82, 2.24) is 16.1 Å². The Balaban J connectivity index is 4.09. The van der Waals surface area contributed by atoms with Crippen LogP contribution < -0.4 is 21.9 Å². The molecule has 6 heteroatoms. The molecule has 0 aliphatic carbocycles. The molecule has 94 valence electrons. The monoisotopic (exact) mass is 229 g/mol. The molecular weight excluding hydrogens is 206 g/mol. The van der Waals surface area contributed by atoms with Gasteiger partial charge >= 0.3 is 0 Å². The number of nitrogens with zero attached hydrogens (tertiary/aromatic N) is 1. The van der Waals surface area contributed by atoms with Gasteiger partial charge in [0.1, 0.15) is 6.04 Å². The van der Waals surface area contributed by atoms with E-state index in [1.807, 2.05) is 6.92 Å². The lowest BCUT2D eigenvalue weighted by molar-refractivity contribution is -0.122. The highest BCUT2D eigenvalue weighted by atomic mass is 16.2. The van der Waals surface area contributed by atoms with Crippen LogP contribution in [0.2, 0.25) is 0 Å². The Morgan fingerprint density at radius 3 is 2.62 bits per heavy atom. The Morgan fingerprint density at radius 1 is 1.44 bits per heavy atom. The van der Waals surface area contributed by atoms with Crippen LogP contribution in [0.3, 0.4) is 0 Å². The Bertz CT molecular complexity index is 229. The topological polar surface area (TPSA) is 91.5 Å². The number of unbranched alkanes of at least 4 members (excludes halogenated alkanes) is 1. The standard InChI is InChI=1S/C10H23N5O/c1-4-6-7-13-10(15-11)14-8(3)9(16)12-5-2/h8H,4-7,11H2,1-3H3,(H,12,16)(H2,13,14,15). The maximum Gasteiger partial charge on any atom is 0.242 e. The molecule has 1 amide bonds. The van der Waals surface area contributed by atoms with Gasteiger partial charge in [-0.05, 0) is 20.3 Å². The van der Waals surface area contributed by atoms with E-state index in [0.717, 1.165) is 12.8 Å². The molecule has 0 aromatic carbocycles. The van der Waals surface area contributed by atoms with Crippen LogP contribution in [0.1, 0.15) is 33.6 Å². The third kappa shape index (κ3) is 6.23. The van der Waals surface area contributed by atoms with Gasteiger partial charge in [0.05, 0.1) is 0 Å². The molecule has 0 radical (unpaired) electrons. The first kappa shape index (κ1) is 14.7. The van der Waals surface area contributed by atoms with Gasteiger partial charge in [0.2, 0.25) is 11.9 Å². The number of hydrogen-bond donors (Lipinski definition) is 4. The van der Waals surface area contributed by atoms with Crippen molar-refractivity contribution >= 4 is 11.9 Å². The molecular formula is C10H23N5O. The third-order valence-corrected chi connectivity index (χ3v) is 2.02. The van der Waals surface area contributed by atoms with Gasteiger partial charge in [-0.15, -0.1) is 0 Å². The average Bonchev–Trinajstić information content (AvgIpc) is 2.28. The third-order valence-electron chi connectivity index (χ3n) is 2.02. The van der Waals surface area contributed by atoms with Gasteiger partial charge < -0.3 is 10.6 Å². The second-order valence-electron chi connectivity index (χ2n) is 3.49. The fourth-order valence-electron chi connectivity index (χ4n) is 1.08. The summed E-state index contributed by atoms with van der Waals surface area (Å²) < 4.78 is 0. The van der Waals surface area contributed by atoms with Gasteiger partial charge in [0.15, 0.2) is 0 Å². The Labute approximate surface area is 97.0 Å². The van der Waals surface area contributed by atoms with Crippen LogP contribution in [0.15, 0.2) is 4.99 Å². The lowest BCUT2D eigenvalue weighted by atomic mass is 10.3. The van der Waals surface area contributed by atoms with Crippen molar-refractivity contribution in [1.29, 1.82) is 0 Å². The minimum Gasteiger partial charge on any atom is -0.355 e. The number of amides is 1. The van der Waals surface area contributed by atoms with Crippen molar-refractivity contribution in [3.8, 4) is 0 Å². The average molecular weight is 229 g/mol. The van der Waals surface area contributed by atoms with Gasteiger partial charge in [-0.2, -0.15) is 0 Å². The van der Waals surface area contributed by atoms with Crippen LogP contribution in [-0.2, 0) is 4.79 Å². The number of aliphatic imine (C=N–C) groups is 1. The Kier molecular flexibility index (Phi) is 8.24. The molecule has 1 unspecified atom stereocenters. The fourth-order valence-corrected chi connectivity index (χ4v) is 1.08.